The molecule has 0 fully saturated rings. The van der Waals surface area contributed by atoms with Gasteiger partial charge in [0.15, 0.2) is 6.10 Å². The lowest BCUT2D eigenvalue weighted by molar-refractivity contribution is -0.161. The standard InChI is InChI=1S/C66H115O11P/c1-4-7-10-13-16-19-22-25-28-30-31-33-35-37-40-43-46-49-52-55-64(68)73-59-63(77-66(70)57-54-51-48-45-42-39-36-32-29-26-23-20-17-14-11-8-5-2)61-75-78(71,72)74-60-62(58-67)76-65(69)56-53-50-47-44-41-38-34-27-24-21-18-15-12-9-6-3/h7,10,16,18-19,21,25,27-28,31,33-34,37,40,62-63,67H,4-6,8-9,11-15,17,20,22-24,26,29-30,32,35-36,38-39,41-61H2,1-3H3,(H,71,72)/b10-7-,19-16-,21-18-,28-25-,33-31-,34-27-,40-37-. The third kappa shape index (κ3) is 57.3. The van der Waals surface area contributed by atoms with Crippen LogP contribution in [0.3, 0.4) is 0 Å². The van der Waals surface area contributed by atoms with Crippen LogP contribution in [-0.2, 0) is 42.2 Å². The Morgan fingerprint density at radius 2 is 0.667 bits per heavy atom. The maximum atomic E-state index is 12.9. The molecule has 0 aliphatic rings. The number of hydrogen-bond acceptors (Lipinski definition) is 10. The Morgan fingerprint density at radius 3 is 1.06 bits per heavy atom. The Hall–Kier alpha value is -3.34. The van der Waals surface area contributed by atoms with E-state index in [1.807, 2.05) is 0 Å². The van der Waals surface area contributed by atoms with E-state index >= 15 is 0 Å². The van der Waals surface area contributed by atoms with Gasteiger partial charge in [-0.2, -0.15) is 0 Å². The Morgan fingerprint density at radius 1 is 0.372 bits per heavy atom. The van der Waals surface area contributed by atoms with Gasteiger partial charge in [0.1, 0.15) is 12.7 Å². The summed E-state index contributed by atoms with van der Waals surface area (Å²) in [7, 11) is -4.76. The zero-order valence-corrected chi connectivity index (χ0v) is 50.8. The smallest absolute Gasteiger partial charge is 0.462 e. The molecular weight excluding hydrogens is 1000 g/mol. The quantitative estimate of drug-likeness (QED) is 0.0197. The van der Waals surface area contributed by atoms with Crippen molar-refractivity contribution in [2.24, 2.45) is 0 Å². The van der Waals surface area contributed by atoms with Crippen molar-refractivity contribution in [3.63, 3.8) is 0 Å². The van der Waals surface area contributed by atoms with Gasteiger partial charge in [-0.15, -0.1) is 0 Å². The van der Waals surface area contributed by atoms with E-state index in [-0.39, 0.29) is 25.9 Å². The number of phosphoric acid groups is 1. The van der Waals surface area contributed by atoms with Crippen LogP contribution < -0.4 is 0 Å². The first-order valence-electron chi connectivity index (χ1n) is 31.5. The third-order valence-electron chi connectivity index (χ3n) is 13.3. The Balaban J connectivity index is 4.77. The van der Waals surface area contributed by atoms with E-state index in [9.17, 15) is 28.9 Å². The molecular formula is C66H115O11P. The Bertz CT molecular complexity index is 1630. The summed E-state index contributed by atoms with van der Waals surface area (Å²) in [6.07, 6.45) is 69.6. The van der Waals surface area contributed by atoms with E-state index in [1.54, 1.807) is 0 Å². The molecule has 0 rings (SSSR count). The molecule has 0 amide bonds. The maximum Gasteiger partial charge on any atom is 0.472 e. The number of rotatable bonds is 58. The number of unbranched alkanes of at least 4 members (excludes halogenated alkanes) is 27. The summed E-state index contributed by atoms with van der Waals surface area (Å²) in [4.78, 5) is 48.7. The summed E-state index contributed by atoms with van der Waals surface area (Å²) >= 11 is 0. The van der Waals surface area contributed by atoms with Crippen LogP contribution in [0.25, 0.3) is 0 Å². The molecule has 0 saturated heterocycles. The van der Waals surface area contributed by atoms with Gasteiger partial charge in [-0.1, -0.05) is 247 Å². The summed E-state index contributed by atoms with van der Waals surface area (Å²) in [6.45, 7) is 4.49. The molecule has 0 spiro atoms. The zero-order chi connectivity index (χ0) is 56.9. The number of esters is 3. The van der Waals surface area contributed by atoms with Gasteiger partial charge in [0, 0.05) is 19.3 Å². The van der Waals surface area contributed by atoms with Crippen molar-refractivity contribution in [1.29, 1.82) is 0 Å². The molecule has 0 heterocycles. The second-order valence-electron chi connectivity index (χ2n) is 20.8. The largest absolute Gasteiger partial charge is 0.472 e. The number of carbonyl (C=O) groups is 3. The zero-order valence-electron chi connectivity index (χ0n) is 49.9. The van der Waals surface area contributed by atoms with Crippen LogP contribution in [0.4, 0.5) is 0 Å². The summed E-state index contributed by atoms with van der Waals surface area (Å²) in [5.41, 5.74) is 0. The molecule has 450 valence electrons. The average Bonchev–Trinajstić information content (AvgIpc) is 3.43. The van der Waals surface area contributed by atoms with Gasteiger partial charge in [0.25, 0.3) is 0 Å². The van der Waals surface area contributed by atoms with Crippen molar-refractivity contribution in [2.75, 3.05) is 26.4 Å². The Labute approximate surface area is 477 Å². The van der Waals surface area contributed by atoms with E-state index < -0.39 is 57.8 Å². The number of ether oxygens (including phenoxy) is 3. The van der Waals surface area contributed by atoms with Crippen LogP contribution in [0.2, 0.25) is 0 Å². The predicted molar refractivity (Wildman–Crippen MR) is 325 cm³/mol. The SMILES string of the molecule is CC/C=C\C/C=C\C/C=C\C/C=C\C/C=C\CCCCCC(=O)OCC(COP(=O)(O)OCC(CO)OC(=O)CCCCCCC/C=C\C/C=C\CCCCC)OC(=O)CCCCCCCCCCCCCCCCCCC. The molecule has 2 N–H and O–H groups in total. The minimum atomic E-state index is -4.76. The second kappa shape index (κ2) is 59.8. The second-order valence-corrected chi connectivity index (χ2v) is 22.3. The highest BCUT2D eigenvalue weighted by Crippen LogP contribution is 2.43. The minimum Gasteiger partial charge on any atom is -0.462 e. The molecule has 3 unspecified atom stereocenters. The lowest BCUT2D eigenvalue weighted by Gasteiger charge is -2.21. The lowest BCUT2D eigenvalue weighted by Crippen LogP contribution is -2.30. The summed E-state index contributed by atoms with van der Waals surface area (Å²) in [6, 6.07) is 0. The molecule has 0 radical (unpaired) electrons. The maximum absolute atomic E-state index is 12.9. The topological polar surface area (TPSA) is 155 Å². The van der Waals surface area contributed by atoms with Crippen LogP contribution in [0, 0.1) is 0 Å². The highest BCUT2D eigenvalue weighted by Gasteiger charge is 2.28. The van der Waals surface area contributed by atoms with Gasteiger partial charge in [0.05, 0.1) is 19.8 Å². The van der Waals surface area contributed by atoms with Crippen LogP contribution in [0.1, 0.15) is 278 Å². The van der Waals surface area contributed by atoms with Gasteiger partial charge in [0.2, 0.25) is 0 Å². The molecule has 11 nitrogen and oxygen atoms in total. The molecule has 12 heteroatoms. The Kier molecular flexibility index (Phi) is 57.2. The highest BCUT2D eigenvalue weighted by atomic mass is 31.2. The number of aliphatic hydroxyl groups excluding tert-OH is 1. The van der Waals surface area contributed by atoms with Gasteiger partial charge >= 0.3 is 25.7 Å². The third-order valence-corrected chi connectivity index (χ3v) is 14.3. The lowest BCUT2D eigenvalue weighted by atomic mass is 10.0. The molecule has 0 saturated carbocycles. The summed E-state index contributed by atoms with van der Waals surface area (Å²) in [5.74, 6) is -1.51. The fraction of sp³-hybridized carbons (Fsp3) is 0.742. The molecule has 3 atom stereocenters. The molecule has 0 aromatic carbocycles. The highest BCUT2D eigenvalue weighted by molar-refractivity contribution is 7.47. The van der Waals surface area contributed by atoms with E-state index in [0.717, 1.165) is 116 Å². The molecule has 0 aliphatic carbocycles. The van der Waals surface area contributed by atoms with E-state index in [0.29, 0.717) is 19.3 Å². The first-order chi connectivity index (χ1) is 38.2. The van der Waals surface area contributed by atoms with Crippen LogP contribution in [-0.4, -0.2) is 66.5 Å². The van der Waals surface area contributed by atoms with E-state index in [1.165, 1.54) is 103 Å². The van der Waals surface area contributed by atoms with Gasteiger partial charge in [-0.3, -0.25) is 23.4 Å². The van der Waals surface area contributed by atoms with Crippen LogP contribution in [0.15, 0.2) is 85.1 Å². The molecule has 0 aliphatic heterocycles. The summed E-state index contributed by atoms with van der Waals surface area (Å²) in [5, 5.41) is 9.84. The number of allylic oxidation sites excluding steroid dienone is 14. The van der Waals surface area contributed by atoms with Crippen molar-refractivity contribution < 1.29 is 52.2 Å². The monoisotopic (exact) mass is 1110 g/mol. The molecule has 0 aromatic heterocycles. The van der Waals surface area contributed by atoms with Gasteiger partial charge < -0.3 is 24.2 Å². The number of carbonyl (C=O) groups excluding carboxylic acids is 3. The van der Waals surface area contributed by atoms with E-state index in [2.05, 4.69) is 106 Å². The van der Waals surface area contributed by atoms with Crippen LogP contribution >= 0.6 is 7.82 Å². The number of phosphoric ester groups is 1. The predicted octanol–water partition coefficient (Wildman–Crippen LogP) is 19.0. The van der Waals surface area contributed by atoms with Crippen molar-refractivity contribution in [1.82, 2.24) is 0 Å². The van der Waals surface area contributed by atoms with Crippen LogP contribution in [0.5, 0.6) is 0 Å². The molecule has 0 aromatic rings. The summed E-state index contributed by atoms with van der Waals surface area (Å²) < 4.78 is 39.6. The normalized spacial score (nSPS) is 13.9. The first kappa shape index (κ1) is 74.7. The van der Waals surface area contributed by atoms with Gasteiger partial charge in [-0.25, -0.2) is 4.57 Å². The van der Waals surface area contributed by atoms with Gasteiger partial charge in [-0.05, 0) is 96.3 Å². The first-order valence-corrected chi connectivity index (χ1v) is 33.0. The fourth-order valence-electron chi connectivity index (χ4n) is 8.53. The number of hydrogen-bond donors (Lipinski definition) is 2. The molecule has 78 heavy (non-hydrogen) atoms. The average molecular weight is 1120 g/mol. The fourth-order valence-corrected chi connectivity index (χ4v) is 9.32. The van der Waals surface area contributed by atoms with Crippen molar-refractivity contribution in [3.05, 3.63) is 85.1 Å². The van der Waals surface area contributed by atoms with E-state index in [4.69, 9.17) is 23.3 Å². The molecule has 0 bridgehead atoms. The van der Waals surface area contributed by atoms with Crippen molar-refractivity contribution in [2.45, 2.75) is 290 Å². The van der Waals surface area contributed by atoms with Crippen molar-refractivity contribution in [3.8, 4) is 0 Å². The number of aliphatic hydroxyl groups is 1. The van der Waals surface area contributed by atoms with Crippen molar-refractivity contribution >= 4 is 25.7 Å². The minimum absolute atomic E-state index is 0.157.